The lowest BCUT2D eigenvalue weighted by molar-refractivity contribution is -0.117. The van der Waals surface area contributed by atoms with Gasteiger partial charge in [-0.05, 0) is 68.1 Å². The lowest BCUT2D eigenvalue weighted by Crippen LogP contribution is -2.15. The molecule has 0 spiro atoms. The van der Waals surface area contributed by atoms with Crippen LogP contribution in [0.2, 0.25) is 0 Å². The fraction of sp³-hybridized carbons (Fsp3) is 0.263. The summed E-state index contributed by atoms with van der Waals surface area (Å²) in [7, 11) is 0. The van der Waals surface area contributed by atoms with Gasteiger partial charge in [-0.1, -0.05) is 12.1 Å². The molecule has 1 aliphatic rings. The molecular weight excluding hydrogens is 288 g/mol. The zero-order chi connectivity index (χ0) is 16.4. The van der Waals surface area contributed by atoms with E-state index in [1.165, 1.54) is 0 Å². The van der Waals surface area contributed by atoms with Crippen molar-refractivity contribution in [3.8, 4) is 0 Å². The number of nitrogens with one attached hydrogen (secondary N) is 2. The second kappa shape index (κ2) is 6.24. The first kappa shape index (κ1) is 15.3. The second-order valence-electron chi connectivity index (χ2n) is 6.17. The van der Waals surface area contributed by atoms with Crippen LogP contribution in [0.25, 0.3) is 0 Å². The van der Waals surface area contributed by atoms with Crippen LogP contribution in [-0.2, 0) is 4.79 Å². The van der Waals surface area contributed by atoms with Gasteiger partial charge in [0.2, 0.25) is 5.91 Å². The summed E-state index contributed by atoms with van der Waals surface area (Å²) in [6.45, 7) is 3.99. The Balaban J connectivity index is 1.72. The molecule has 3 rings (SSSR count). The van der Waals surface area contributed by atoms with Crippen LogP contribution in [0.5, 0.6) is 0 Å². The molecule has 0 heterocycles. The average molecular weight is 308 g/mol. The molecule has 0 aromatic heterocycles. The minimum absolute atomic E-state index is 0.0388. The number of hydrogen-bond acceptors (Lipinski definition) is 2. The Morgan fingerprint density at radius 3 is 2.26 bits per heavy atom. The first-order valence-electron chi connectivity index (χ1n) is 7.82. The van der Waals surface area contributed by atoms with Gasteiger partial charge >= 0.3 is 0 Å². The molecule has 23 heavy (non-hydrogen) atoms. The van der Waals surface area contributed by atoms with Crippen molar-refractivity contribution in [2.45, 2.75) is 26.7 Å². The van der Waals surface area contributed by atoms with Crippen molar-refractivity contribution in [2.24, 2.45) is 5.92 Å². The number of anilines is 2. The maximum atomic E-state index is 12.4. The van der Waals surface area contributed by atoms with Gasteiger partial charge in [0.1, 0.15) is 0 Å². The summed E-state index contributed by atoms with van der Waals surface area (Å²) in [6, 6.07) is 13.0. The third kappa shape index (κ3) is 3.97. The highest BCUT2D eigenvalue weighted by molar-refractivity contribution is 6.05. The Morgan fingerprint density at radius 1 is 0.913 bits per heavy atom. The maximum absolute atomic E-state index is 12.4. The van der Waals surface area contributed by atoms with E-state index in [-0.39, 0.29) is 17.7 Å². The number of amides is 2. The third-order valence-electron chi connectivity index (χ3n) is 3.82. The van der Waals surface area contributed by atoms with Crippen LogP contribution in [0.3, 0.4) is 0 Å². The summed E-state index contributed by atoms with van der Waals surface area (Å²) in [5.74, 6) is -0.00265. The topological polar surface area (TPSA) is 58.2 Å². The molecule has 2 N–H and O–H groups in total. The van der Waals surface area contributed by atoms with Crippen molar-refractivity contribution in [3.05, 3.63) is 59.2 Å². The molecule has 1 saturated carbocycles. The van der Waals surface area contributed by atoms with Crippen LogP contribution in [0.15, 0.2) is 42.5 Å². The van der Waals surface area contributed by atoms with Gasteiger partial charge in [0.05, 0.1) is 0 Å². The van der Waals surface area contributed by atoms with Crippen LogP contribution >= 0.6 is 0 Å². The highest BCUT2D eigenvalue weighted by Crippen LogP contribution is 2.30. The van der Waals surface area contributed by atoms with E-state index < -0.39 is 0 Å². The van der Waals surface area contributed by atoms with E-state index >= 15 is 0 Å². The van der Waals surface area contributed by atoms with E-state index in [1.807, 2.05) is 26.0 Å². The second-order valence-corrected chi connectivity index (χ2v) is 6.17. The molecule has 0 unspecified atom stereocenters. The molecule has 4 heteroatoms. The molecule has 0 radical (unpaired) electrons. The van der Waals surface area contributed by atoms with E-state index in [9.17, 15) is 9.59 Å². The standard InChI is InChI=1S/C19H20N2O2/c1-12-8-13(2)10-17(9-12)21-19(23)15-4-3-5-16(11-15)20-18(22)14-6-7-14/h3-5,8-11,14H,6-7H2,1-2H3,(H,20,22)(H,21,23). The van der Waals surface area contributed by atoms with E-state index in [2.05, 4.69) is 16.7 Å². The fourth-order valence-electron chi connectivity index (χ4n) is 2.58. The molecule has 2 aromatic carbocycles. The van der Waals surface area contributed by atoms with Crippen LogP contribution < -0.4 is 10.6 Å². The largest absolute Gasteiger partial charge is 0.326 e. The maximum Gasteiger partial charge on any atom is 0.255 e. The Bertz CT molecular complexity index is 743. The molecule has 0 aliphatic heterocycles. The predicted molar refractivity (Wildman–Crippen MR) is 91.7 cm³/mol. The van der Waals surface area contributed by atoms with E-state index in [0.29, 0.717) is 11.3 Å². The first-order chi connectivity index (χ1) is 11.0. The molecule has 4 nitrogen and oxygen atoms in total. The van der Waals surface area contributed by atoms with E-state index in [1.54, 1.807) is 24.3 Å². The van der Waals surface area contributed by atoms with Gasteiger partial charge in [0.15, 0.2) is 0 Å². The molecule has 118 valence electrons. The van der Waals surface area contributed by atoms with Crippen molar-refractivity contribution < 1.29 is 9.59 Å². The SMILES string of the molecule is Cc1cc(C)cc(NC(=O)c2cccc(NC(=O)C3CC3)c2)c1. The van der Waals surface area contributed by atoms with Crippen molar-refractivity contribution in [2.75, 3.05) is 10.6 Å². The summed E-state index contributed by atoms with van der Waals surface area (Å²) in [5, 5.41) is 5.77. The number of carbonyl (C=O) groups is 2. The lowest BCUT2D eigenvalue weighted by atomic mass is 10.1. The monoisotopic (exact) mass is 308 g/mol. The lowest BCUT2D eigenvalue weighted by Gasteiger charge is -2.09. The highest BCUT2D eigenvalue weighted by Gasteiger charge is 2.29. The molecule has 1 aliphatic carbocycles. The van der Waals surface area contributed by atoms with Crippen LogP contribution in [0, 0.1) is 19.8 Å². The van der Waals surface area contributed by atoms with Gasteiger partial charge in [-0.3, -0.25) is 9.59 Å². The summed E-state index contributed by atoms with van der Waals surface area (Å²) in [6.07, 6.45) is 1.91. The smallest absolute Gasteiger partial charge is 0.255 e. The van der Waals surface area contributed by atoms with Crippen LogP contribution in [0.1, 0.15) is 34.3 Å². The van der Waals surface area contributed by atoms with Gasteiger partial charge in [-0.25, -0.2) is 0 Å². The minimum atomic E-state index is -0.183. The van der Waals surface area contributed by atoms with Gasteiger partial charge < -0.3 is 10.6 Å². The van der Waals surface area contributed by atoms with Gasteiger partial charge in [0, 0.05) is 22.9 Å². The van der Waals surface area contributed by atoms with Crippen molar-refractivity contribution in [1.82, 2.24) is 0 Å². The number of rotatable bonds is 4. The zero-order valence-electron chi connectivity index (χ0n) is 13.3. The van der Waals surface area contributed by atoms with E-state index in [4.69, 9.17) is 0 Å². The first-order valence-corrected chi connectivity index (χ1v) is 7.82. The number of aryl methyl sites for hydroxylation is 2. The van der Waals surface area contributed by atoms with Crippen molar-refractivity contribution in [3.63, 3.8) is 0 Å². The molecule has 0 saturated heterocycles. The average Bonchev–Trinajstić information content (AvgIpc) is 3.31. The summed E-state index contributed by atoms with van der Waals surface area (Å²) >= 11 is 0. The molecule has 0 atom stereocenters. The van der Waals surface area contributed by atoms with Gasteiger partial charge in [-0.15, -0.1) is 0 Å². The van der Waals surface area contributed by atoms with Gasteiger partial charge in [0.25, 0.3) is 5.91 Å². The third-order valence-corrected chi connectivity index (χ3v) is 3.82. The Kier molecular flexibility index (Phi) is 4.15. The van der Waals surface area contributed by atoms with Crippen LogP contribution in [-0.4, -0.2) is 11.8 Å². The van der Waals surface area contributed by atoms with E-state index in [0.717, 1.165) is 29.7 Å². The van der Waals surface area contributed by atoms with Crippen molar-refractivity contribution >= 4 is 23.2 Å². The molecule has 2 aromatic rings. The fourth-order valence-corrected chi connectivity index (χ4v) is 2.58. The number of hydrogen-bond donors (Lipinski definition) is 2. The molecule has 2 amide bonds. The predicted octanol–water partition coefficient (Wildman–Crippen LogP) is 3.90. The minimum Gasteiger partial charge on any atom is -0.326 e. The molecule has 0 bridgehead atoms. The highest BCUT2D eigenvalue weighted by atomic mass is 16.2. The summed E-state index contributed by atoms with van der Waals surface area (Å²) in [5.41, 5.74) is 4.17. The molecule has 1 fully saturated rings. The Hall–Kier alpha value is -2.62. The zero-order valence-corrected chi connectivity index (χ0v) is 13.3. The number of carbonyl (C=O) groups excluding carboxylic acids is 2. The van der Waals surface area contributed by atoms with Crippen molar-refractivity contribution in [1.29, 1.82) is 0 Å². The van der Waals surface area contributed by atoms with Crippen LogP contribution in [0.4, 0.5) is 11.4 Å². The molecular formula is C19H20N2O2. The summed E-state index contributed by atoms with van der Waals surface area (Å²) in [4.78, 5) is 24.2. The quantitative estimate of drug-likeness (QED) is 0.900. The Labute approximate surface area is 135 Å². The Morgan fingerprint density at radius 2 is 1.61 bits per heavy atom. The number of benzene rings is 2. The summed E-state index contributed by atoms with van der Waals surface area (Å²) < 4.78 is 0. The normalized spacial score (nSPS) is 13.5. The van der Waals surface area contributed by atoms with Gasteiger partial charge in [-0.2, -0.15) is 0 Å².